The van der Waals surface area contributed by atoms with Gasteiger partial charge in [-0.3, -0.25) is 0 Å². The first-order valence-corrected chi connectivity index (χ1v) is 5.79. The molecule has 0 unspecified atom stereocenters. The number of morpholine rings is 1. The SMILES string of the molecule is CC1(C)CN(c2cc(F)cc(CO)c2)CCO1. The molecule has 1 heterocycles. The fourth-order valence-electron chi connectivity index (χ4n) is 2.14. The van der Waals surface area contributed by atoms with Crippen LogP contribution in [0.3, 0.4) is 0 Å². The molecular formula is C13H18FNO2. The lowest BCUT2D eigenvalue weighted by Gasteiger charge is -2.39. The van der Waals surface area contributed by atoms with Crippen LogP contribution in [0.15, 0.2) is 18.2 Å². The quantitative estimate of drug-likeness (QED) is 0.856. The number of rotatable bonds is 2. The Kier molecular flexibility index (Phi) is 3.35. The maximum absolute atomic E-state index is 13.4. The highest BCUT2D eigenvalue weighted by atomic mass is 19.1. The largest absolute Gasteiger partial charge is 0.392 e. The van der Waals surface area contributed by atoms with Crippen LogP contribution in [0.25, 0.3) is 0 Å². The second-order valence-corrected chi connectivity index (χ2v) is 5.01. The molecule has 94 valence electrons. The number of halogens is 1. The second-order valence-electron chi connectivity index (χ2n) is 5.01. The van der Waals surface area contributed by atoms with Crippen molar-refractivity contribution in [3.63, 3.8) is 0 Å². The number of aliphatic hydroxyl groups is 1. The first-order chi connectivity index (χ1) is 8.00. The molecular weight excluding hydrogens is 221 g/mol. The molecule has 17 heavy (non-hydrogen) atoms. The fraction of sp³-hybridized carbons (Fsp3) is 0.538. The molecule has 1 saturated heterocycles. The van der Waals surface area contributed by atoms with Crippen LogP contribution in [0.2, 0.25) is 0 Å². The lowest BCUT2D eigenvalue weighted by atomic mass is 10.1. The number of benzene rings is 1. The summed E-state index contributed by atoms with van der Waals surface area (Å²) in [7, 11) is 0. The van der Waals surface area contributed by atoms with Gasteiger partial charge in [-0.2, -0.15) is 0 Å². The van der Waals surface area contributed by atoms with Gasteiger partial charge < -0.3 is 14.7 Å². The summed E-state index contributed by atoms with van der Waals surface area (Å²) in [5.41, 5.74) is 1.19. The summed E-state index contributed by atoms with van der Waals surface area (Å²) in [6.07, 6.45) is 0. The van der Waals surface area contributed by atoms with Crippen molar-refractivity contribution in [3.8, 4) is 0 Å². The smallest absolute Gasteiger partial charge is 0.125 e. The lowest BCUT2D eigenvalue weighted by Crippen LogP contribution is -2.48. The van der Waals surface area contributed by atoms with E-state index in [1.54, 1.807) is 0 Å². The van der Waals surface area contributed by atoms with Gasteiger partial charge in [0.2, 0.25) is 0 Å². The summed E-state index contributed by atoms with van der Waals surface area (Å²) < 4.78 is 19.0. The van der Waals surface area contributed by atoms with E-state index in [0.29, 0.717) is 12.2 Å². The summed E-state index contributed by atoms with van der Waals surface area (Å²) in [5, 5.41) is 9.08. The predicted molar refractivity (Wildman–Crippen MR) is 64.6 cm³/mol. The van der Waals surface area contributed by atoms with Crippen molar-refractivity contribution in [1.29, 1.82) is 0 Å². The molecule has 0 radical (unpaired) electrons. The van der Waals surface area contributed by atoms with Gasteiger partial charge in [0.15, 0.2) is 0 Å². The molecule has 2 rings (SSSR count). The Balaban J connectivity index is 2.24. The zero-order valence-corrected chi connectivity index (χ0v) is 10.2. The van der Waals surface area contributed by atoms with E-state index >= 15 is 0 Å². The molecule has 1 aliphatic heterocycles. The standard InChI is InChI=1S/C13H18FNO2/c1-13(2)9-15(3-4-17-13)12-6-10(8-16)5-11(14)7-12/h5-7,16H,3-4,8-9H2,1-2H3. The van der Waals surface area contributed by atoms with Gasteiger partial charge >= 0.3 is 0 Å². The molecule has 3 nitrogen and oxygen atoms in total. The summed E-state index contributed by atoms with van der Waals surface area (Å²) in [6, 6.07) is 4.68. The van der Waals surface area contributed by atoms with E-state index < -0.39 is 0 Å². The van der Waals surface area contributed by atoms with Crippen LogP contribution in [-0.2, 0) is 11.3 Å². The van der Waals surface area contributed by atoms with Crippen molar-refractivity contribution in [2.45, 2.75) is 26.1 Å². The van der Waals surface area contributed by atoms with Crippen LogP contribution >= 0.6 is 0 Å². The van der Waals surface area contributed by atoms with Crippen molar-refractivity contribution in [1.82, 2.24) is 0 Å². The molecule has 0 bridgehead atoms. The highest BCUT2D eigenvalue weighted by Crippen LogP contribution is 2.24. The summed E-state index contributed by atoms with van der Waals surface area (Å²) in [5.74, 6) is -0.309. The van der Waals surface area contributed by atoms with Crippen molar-refractivity contribution in [3.05, 3.63) is 29.6 Å². The molecule has 0 amide bonds. The molecule has 0 aliphatic carbocycles. The second kappa shape index (κ2) is 4.63. The summed E-state index contributed by atoms with van der Waals surface area (Å²) in [6.45, 7) is 6.01. The summed E-state index contributed by atoms with van der Waals surface area (Å²) >= 11 is 0. The Morgan fingerprint density at radius 3 is 2.82 bits per heavy atom. The van der Waals surface area contributed by atoms with E-state index in [4.69, 9.17) is 9.84 Å². The van der Waals surface area contributed by atoms with Gasteiger partial charge in [0.05, 0.1) is 18.8 Å². The van der Waals surface area contributed by atoms with Crippen LogP contribution in [0, 0.1) is 5.82 Å². The van der Waals surface area contributed by atoms with Crippen molar-refractivity contribution in [2.75, 3.05) is 24.6 Å². The molecule has 0 atom stereocenters. The van der Waals surface area contributed by atoms with Crippen LogP contribution in [0.5, 0.6) is 0 Å². The highest BCUT2D eigenvalue weighted by molar-refractivity contribution is 5.49. The maximum atomic E-state index is 13.4. The Labute approximate surface area is 101 Å². The molecule has 1 aromatic rings. The Morgan fingerprint density at radius 2 is 2.18 bits per heavy atom. The molecule has 0 spiro atoms. The zero-order valence-electron chi connectivity index (χ0n) is 10.2. The molecule has 0 aromatic heterocycles. The minimum Gasteiger partial charge on any atom is -0.392 e. The highest BCUT2D eigenvalue weighted by Gasteiger charge is 2.27. The normalized spacial score (nSPS) is 19.4. The van der Waals surface area contributed by atoms with Gasteiger partial charge in [-0.05, 0) is 37.6 Å². The fourth-order valence-corrected chi connectivity index (χ4v) is 2.14. The van der Waals surface area contributed by atoms with Gasteiger partial charge in [-0.25, -0.2) is 4.39 Å². The number of aliphatic hydroxyl groups excluding tert-OH is 1. The Bertz CT molecular complexity index is 406. The van der Waals surface area contributed by atoms with Gasteiger partial charge in [-0.1, -0.05) is 0 Å². The number of nitrogens with zero attached hydrogens (tertiary/aromatic N) is 1. The van der Waals surface area contributed by atoms with Gasteiger partial charge in [-0.15, -0.1) is 0 Å². The topological polar surface area (TPSA) is 32.7 Å². The van der Waals surface area contributed by atoms with Crippen molar-refractivity contribution in [2.24, 2.45) is 0 Å². The summed E-state index contributed by atoms with van der Waals surface area (Å²) in [4.78, 5) is 2.09. The molecule has 1 aromatic carbocycles. The predicted octanol–water partition coefficient (Wildman–Crippen LogP) is 1.93. The van der Waals surface area contributed by atoms with E-state index in [1.165, 1.54) is 12.1 Å². The first kappa shape index (κ1) is 12.3. The molecule has 1 aliphatic rings. The van der Waals surface area contributed by atoms with Gasteiger partial charge in [0.25, 0.3) is 0 Å². The van der Waals surface area contributed by atoms with Crippen molar-refractivity contribution < 1.29 is 14.2 Å². The van der Waals surface area contributed by atoms with Crippen LogP contribution in [0.4, 0.5) is 10.1 Å². The number of anilines is 1. The maximum Gasteiger partial charge on any atom is 0.125 e. The number of hydrogen-bond acceptors (Lipinski definition) is 3. The van der Waals surface area contributed by atoms with Crippen molar-refractivity contribution >= 4 is 5.69 Å². The van der Waals surface area contributed by atoms with Gasteiger partial charge in [0, 0.05) is 18.8 Å². The first-order valence-electron chi connectivity index (χ1n) is 5.79. The monoisotopic (exact) mass is 239 g/mol. The van der Waals surface area contributed by atoms with E-state index in [1.807, 2.05) is 19.9 Å². The molecule has 0 saturated carbocycles. The van der Waals surface area contributed by atoms with E-state index in [9.17, 15) is 4.39 Å². The third-order valence-electron chi connectivity index (χ3n) is 2.92. The lowest BCUT2D eigenvalue weighted by molar-refractivity contribution is -0.0277. The van der Waals surface area contributed by atoms with E-state index in [2.05, 4.69) is 4.90 Å². The zero-order chi connectivity index (χ0) is 12.5. The molecule has 4 heteroatoms. The Morgan fingerprint density at radius 1 is 1.41 bits per heavy atom. The van der Waals surface area contributed by atoms with E-state index in [0.717, 1.165) is 18.8 Å². The molecule has 1 fully saturated rings. The van der Waals surface area contributed by atoms with Gasteiger partial charge in [0.1, 0.15) is 5.82 Å². The average molecular weight is 239 g/mol. The third-order valence-corrected chi connectivity index (χ3v) is 2.92. The minimum absolute atomic E-state index is 0.140. The van der Waals surface area contributed by atoms with Crippen LogP contribution < -0.4 is 4.90 Å². The van der Waals surface area contributed by atoms with Crippen LogP contribution in [0.1, 0.15) is 19.4 Å². The minimum atomic E-state index is -0.309. The van der Waals surface area contributed by atoms with Crippen LogP contribution in [-0.4, -0.2) is 30.4 Å². The third kappa shape index (κ3) is 2.96. The number of ether oxygens (including phenoxy) is 1. The molecule has 1 N–H and O–H groups in total. The number of hydrogen-bond donors (Lipinski definition) is 1. The van der Waals surface area contributed by atoms with E-state index in [-0.39, 0.29) is 18.0 Å². The average Bonchev–Trinajstić information content (AvgIpc) is 2.27. The Hall–Kier alpha value is -1.13.